The van der Waals surface area contributed by atoms with E-state index in [-0.39, 0.29) is 0 Å². The summed E-state index contributed by atoms with van der Waals surface area (Å²) >= 11 is 8.35. The zero-order valence-electron chi connectivity index (χ0n) is 10.9. The zero-order valence-corrected chi connectivity index (χ0v) is 13.3. The molecule has 0 amide bonds. The van der Waals surface area contributed by atoms with E-state index in [9.17, 15) is 0 Å². The van der Waals surface area contributed by atoms with Crippen molar-refractivity contribution in [1.82, 2.24) is 0 Å². The molecule has 0 heterocycles. The number of halogens is 1. The van der Waals surface area contributed by atoms with Crippen LogP contribution in [0.3, 0.4) is 0 Å². The Hall–Kier alpha value is -1.59. The molecule has 0 fully saturated rings. The summed E-state index contributed by atoms with van der Waals surface area (Å²) in [5.41, 5.74) is 7.35. The van der Waals surface area contributed by atoms with Crippen LogP contribution in [0.5, 0.6) is 11.5 Å². The fourth-order valence-corrected chi connectivity index (χ4v) is 2.28. The van der Waals surface area contributed by atoms with Gasteiger partial charge in [-0.2, -0.15) is 0 Å². The standard InChI is InChI=1S/C15H14BrNO2S/c1-18-14-7-4-12(16)8-11(14)9-19-13-5-2-10(3-6-13)15(17)20/h2-8H,9H2,1H3,(H2,17,20). The second-order valence-electron chi connectivity index (χ2n) is 4.13. The van der Waals surface area contributed by atoms with Crippen molar-refractivity contribution in [3.8, 4) is 11.5 Å². The number of thiocarbonyl (C=S) groups is 1. The molecule has 2 aromatic rings. The first-order valence-electron chi connectivity index (χ1n) is 5.95. The zero-order chi connectivity index (χ0) is 14.5. The molecule has 5 heteroatoms. The van der Waals surface area contributed by atoms with Crippen LogP contribution in [0.15, 0.2) is 46.9 Å². The van der Waals surface area contributed by atoms with E-state index in [0.717, 1.165) is 27.1 Å². The van der Waals surface area contributed by atoms with Gasteiger partial charge in [-0.1, -0.05) is 28.1 Å². The number of hydrogen-bond donors (Lipinski definition) is 1. The highest BCUT2D eigenvalue weighted by molar-refractivity contribution is 9.10. The third kappa shape index (κ3) is 3.71. The summed E-state index contributed by atoms with van der Waals surface area (Å²) in [6.45, 7) is 0.426. The predicted molar refractivity (Wildman–Crippen MR) is 87.4 cm³/mol. The summed E-state index contributed by atoms with van der Waals surface area (Å²) < 4.78 is 12.0. The fourth-order valence-electron chi connectivity index (χ4n) is 1.74. The number of methoxy groups -OCH3 is 1. The molecule has 2 N–H and O–H groups in total. The Kier molecular flexibility index (Phi) is 4.98. The lowest BCUT2D eigenvalue weighted by Gasteiger charge is -2.11. The highest BCUT2D eigenvalue weighted by atomic mass is 79.9. The van der Waals surface area contributed by atoms with E-state index in [0.29, 0.717) is 11.6 Å². The first-order valence-corrected chi connectivity index (χ1v) is 7.15. The predicted octanol–water partition coefficient (Wildman–Crippen LogP) is 3.67. The van der Waals surface area contributed by atoms with E-state index in [1.165, 1.54) is 0 Å². The van der Waals surface area contributed by atoms with Crippen molar-refractivity contribution in [2.45, 2.75) is 6.61 Å². The molecular weight excluding hydrogens is 338 g/mol. The Morgan fingerprint density at radius 1 is 1.20 bits per heavy atom. The average molecular weight is 352 g/mol. The Morgan fingerprint density at radius 3 is 2.50 bits per heavy atom. The summed E-state index contributed by atoms with van der Waals surface area (Å²) in [5.74, 6) is 1.56. The Labute approximate surface area is 131 Å². The molecule has 0 unspecified atom stereocenters. The smallest absolute Gasteiger partial charge is 0.125 e. The number of hydrogen-bond acceptors (Lipinski definition) is 3. The van der Waals surface area contributed by atoms with Crippen LogP contribution < -0.4 is 15.2 Å². The first-order chi connectivity index (χ1) is 9.60. The highest BCUT2D eigenvalue weighted by Gasteiger charge is 2.05. The van der Waals surface area contributed by atoms with E-state index in [2.05, 4.69) is 15.9 Å². The first kappa shape index (κ1) is 14.8. The molecule has 104 valence electrons. The largest absolute Gasteiger partial charge is 0.496 e. The van der Waals surface area contributed by atoms with Crippen LogP contribution in [0.25, 0.3) is 0 Å². The van der Waals surface area contributed by atoms with E-state index in [1.807, 2.05) is 42.5 Å². The van der Waals surface area contributed by atoms with Crippen molar-refractivity contribution < 1.29 is 9.47 Å². The summed E-state index contributed by atoms with van der Waals surface area (Å²) in [7, 11) is 1.64. The minimum absolute atomic E-state index is 0.380. The summed E-state index contributed by atoms with van der Waals surface area (Å²) in [6.07, 6.45) is 0. The monoisotopic (exact) mass is 351 g/mol. The lowest BCUT2D eigenvalue weighted by Crippen LogP contribution is -2.08. The van der Waals surface area contributed by atoms with Gasteiger partial charge in [-0.05, 0) is 42.5 Å². The number of benzene rings is 2. The molecule has 20 heavy (non-hydrogen) atoms. The van der Waals surface area contributed by atoms with Gasteiger partial charge in [0.25, 0.3) is 0 Å². The van der Waals surface area contributed by atoms with Gasteiger partial charge in [-0.15, -0.1) is 0 Å². The quantitative estimate of drug-likeness (QED) is 0.834. The number of ether oxygens (including phenoxy) is 2. The van der Waals surface area contributed by atoms with Crippen molar-refractivity contribution in [3.05, 3.63) is 58.1 Å². The van der Waals surface area contributed by atoms with Gasteiger partial charge in [-0.3, -0.25) is 0 Å². The molecule has 2 aromatic carbocycles. The second-order valence-corrected chi connectivity index (χ2v) is 5.49. The minimum Gasteiger partial charge on any atom is -0.496 e. The Balaban J connectivity index is 2.08. The van der Waals surface area contributed by atoms with Gasteiger partial charge < -0.3 is 15.2 Å². The van der Waals surface area contributed by atoms with Crippen molar-refractivity contribution in [2.24, 2.45) is 5.73 Å². The lowest BCUT2D eigenvalue weighted by atomic mass is 10.2. The van der Waals surface area contributed by atoms with Crippen LogP contribution in [0, 0.1) is 0 Å². The number of rotatable bonds is 5. The minimum atomic E-state index is 0.380. The van der Waals surface area contributed by atoms with E-state index >= 15 is 0 Å². The maximum absolute atomic E-state index is 5.74. The molecular formula is C15H14BrNO2S. The third-order valence-electron chi connectivity index (χ3n) is 2.78. The molecule has 0 bridgehead atoms. The van der Waals surface area contributed by atoms with Crippen LogP contribution in [0.2, 0.25) is 0 Å². The van der Waals surface area contributed by atoms with E-state index < -0.39 is 0 Å². The summed E-state index contributed by atoms with van der Waals surface area (Å²) in [5, 5.41) is 0. The van der Waals surface area contributed by atoms with E-state index in [4.69, 9.17) is 27.4 Å². The Bertz CT molecular complexity index is 614. The molecule has 0 spiro atoms. The normalized spacial score (nSPS) is 10.1. The lowest BCUT2D eigenvalue weighted by molar-refractivity contribution is 0.296. The summed E-state index contributed by atoms with van der Waals surface area (Å²) in [4.78, 5) is 0.380. The fraction of sp³-hybridized carbons (Fsp3) is 0.133. The van der Waals surface area contributed by atoms with Crippen molar-refractivity contribution in [1.29, 1.82) is 0 Å². The molecule has 0 aliphatic carbocycles. The molecule has 0 saturated heterocycles. The van der Waals surface area contributed by atoms with Crippen LogP contribution in [-0.4, -0.2) is 12.1 Å². The maximum Gasteiger partial charge on any atom is 0.125 e. The molecule has 2 rings (SSSR count). The maximum atomic E-state index is 5.74. The summed E-state index contributed by atoms with van der Waals surface area (Å²) in [6, 6.07) is 13.2. The molecule has 0 aliphatic heterocycles. The highest BCUT2D eigenvalue weighted by Crippen LogP contribution is 2.24. The topological polar surface area (TPSA) is 44.5 Å². The molecule has 0 aromatic heterocycles. The second kappa shape index (κ2) is 6.72. The van der Waals surface area contributed by atoms with Crippen LogP contribution in [-0.2, 0) is 6.61 Å². The molecule has 0 atom stereocenters. The van der Waals surface area contributed by atoms with Gasteiger partial charge in [-0.25, -0.2) is 0 Å². The van der Waals surface area contributed by atoms with Gasteiger partial charge in [0.05, 0.1) is 7.11 Å². The van der Waals surface area contributed by atoms with Crippen molar-refractivity contribution in [2.75, 3.05) is 7.11 Å². The molecule has 0 aliphatic rings. The van der Waals surface area contributed by atoms with Gasteiger partial charge >= 0.3 is 0 Å². The van der Waals surface area contributed by atoms with Gasteiger partial charge in [0.1, 0.15) is 23.1 Å². The Morgan fingerprint density at radius 2 is 1.90 bits per heavy atom. The molecule has 0 saturated carbocycles. The van der Waals surface area contributed by atoms with Gasteiger partial charge in [0, 0.05) is 15.6 Å². The number of nitrogens with two attached hydrogens (primary N) is 1. The van der Waals surface area contributed by atoms with Crippen LogP contribution >= 0.6 is 28.1 Å². The molecule has 3 nitrogen and oxygen atoms in total. The van der Waals surface area contributed by atoms with Gasteiger partial charge in [0.2, 0.25) is 0 Å². The SMILES string of the molecule is COc1ccc(Br)cc1COc1ccc(C(N)=S)cc1. The van der Waals surface area contributed by atoms with Crippen molar-refractivity contribution >= 4 is 33.1 Å². The molecule has 0 radical (unpaired) electrons. The van der Waals surface area contributed by atoms with Gasteiger partial charge in [0.15, 0.2) is 0 Å². The van der Waals surface area contributed by atoms with Crippen LogP contribution in [0.4, 0.5) is 0 Å². The van der Waals surface area contributed by atoms with Crippen LogP contribution in [0.1, 0.15) is 11.1 Å². The average Bonchev–Trinajstić information content (AvgIpc) is 2.45. The third-order valence-corrected chi connectivity index (χ3v) is 3.50. The van der Waals surface area contributed by atoms with Crippen molar-refractivity contribution in [3.63, 3.8) is 0 Å². The van der Waals surface area contributed by atoms with E-state index in [1.54, 1.807) is 7.11 Å².